The summed E-state index contributed by atoms with van der Waals surface area (Å²) in [5.41, 5.74) is 1.38. The molecule has 1 aromatic rings. The van der Waals surface area contributed by atoms with Gasteiger partial charge in [-0.15, -0.1) is 0 Å². The molecule has 0 aromatic heterocycles. The zero-order chi connectivity index (χ0) is 16.1. The van der Waals surface area contributed by atoms with Crippen molar-refractivity contribution in [3.8, 4) is 0 Å². The maximum atomic E-state index is 12.3. The van der Waals surface area contributed by atoms with Gasteiger partial charge in [0.15, 0.2) is 5.78 Å². The molecule has 0 aliphatic carbocycles. The molecule has 5 heteroatoms. The molecule has 1 atom stereocenters. The number of hydrogen-bond acceptors (Lipinski definition) is 4. The van der Waals surface area contributed by atoms with E-state index in [0.717, 1.165) is 38.4 Å². The van der Waals surface area contributed by atoms with Crippen LogP contribution >= 0.6 is 0 Å². The van der Waals surface area contributed by atoms with Crippen molar-refractivity contribution in [1.82, 2.24) is 9.80 Å². The van der Waals surface area contributed by atoms with E-state index >= 15 is 0 Å². The van der Waals surface area contributed by atoms with Crippen LogP contribution in [0.1, 0.15) is 31.1 Å². The van der Waals surface area contributed by atoms with Gasteiger partial charge in [0.2, 0.25) is 5.91 Å². The van der Waals surface area contributed by atoms with Crippen LogP contribution in [0.5, 0.6) is 0 Å². The van der Waals surface area contributed by atoms with E-state index in [9.17, 15) is 9.59 Å². The Morgan fingerprint density at radius 1 is 1.14 bits per heavy atom. The molecule has 1 aromatic carbocycles. The van der Waals surface area contributed by atoms with Crippen molar-refractivity contribution in [2.45, 2.75) is 26.8 Å². The highest BCUT2D eigenvalue weighted by molar-refractivity contribution is 5.96. The maximum Gasteiger partial charge on any atom is 0.241 e. The van der Waals surface area contributed by atoms with Gasteiger partial charge < -0.3 is 10.2 Å². The van der Waals surface area contributed by atoms with Gasteiger partial charge in [0.25, 0.3) is 0 Å². The summed E-state index contributed by atoms with van der Waals surface area (Å²) >= 11 is 0. The number of likely N-dealkylation sites (N-methyl/N-ethyl adjacent to an activating group) is 1. The number of amides is 1. The van der Waals surface area contributed by atoms with Crippen LogP contribution in [-0.2, 0) is 4.79 Å². The zero-order valence-corrected chi connectivity index (χ0v) is 13.6. The average molecular weight is 303 g/mol. The third kappa shape index (κ3) is 4.15. The molecule has 0 bridgehead atoms. The second-order valence-corrected chi connectivity index (χ2v) is 5.77. The SMILES string of the molecule is CCN1CCN([C@H](C)C(=O)Nc2ccc(C(C)=O)cc2)CC1. The molecular formula is C17H25N3O2. The molecule has 2 rings (SSSR count). The van der Waals surface area contributed by atoms with Gasteiger partial charge in [-0.3, -0.25) is 14.5 Å². The van der Waals surface area contributed by atoms with Gasteiger partial charge in [-0.25, -0.2) is 0 Å². The van der Waals surface area contributed by atoms with Crippen molar-refractivity contribution in [2.24, 2.45) is 0 Å². The van der Waals surface area contributed by atoms with Crippen LogP contribution in [0.15, 0.2) is 24.3 Å². The van der Waals surface area contributed by atoms with Crippen LogP contribution < -0.4 is 5.32 Å². The van der Waals surface area contributed by atoms with Gasteiger partial charge in [0.1, 0.15) is 0 Å². The Labute approximate surface area is 132 Å². The fourth-order valence-corrected chi connectivity index (χ4v) is 2.67. The lowest BCUT2D eigenvalue weighted by Crippen LogP contribution is -2.52. The number of piperazine rings is 1. The van der Waals surface area contributed by atoms with Crippen molar-refractivity contribution < 1.29 is 9.59 Å². The van der Waals surface area contributed by atoms with Gasteiger partial charge in [0, 0.05) is 37.4 Å². The highest BCUT2D eigenvalue weighted by Gasteiger charge is 2.24. The van der Waals surface area contributed by atoms with Crippen LogP contribution in [-0.4, -0.2) is 60.3 Å². The number of benzene rings is 1. The van der Waals surface area contributed by atoms with Crippen LogP contribution in [0, 0.1) is 0 Å². The predicted octanol–water partition coefficient (Wildman–Crippen LogP) is 1.85. The largest absolute Gasteiger partial charge is 0.325 e. The topological polar surface area (TPSA) is 52.6 Å². The molecule has 1 aliphatic rings. The normalized spacial score (nSPS) is 18.0. The molecule has 0 spiro atoms. The van der Waals surface area contributed by atoms with E-state index in [0.29, 0.717) is 5.56 Å². The maximum absolute atomic E-state index is 12.3. The summed E-state index contributed by atoms with van der Waals surface area (Å²) in [6.45, 7) is 10.6. The average Bonchev–Trinajstić information content (AvgIpc) is 2.54. The Hall–Kier alpha value is -1.72. The number of nitrogens with zero attached hydrogens (tertiary/aromatic N) is 2. The second kappa shape index (κ2) is 7.51. The molecule has 0 radical (unpaired) electrons. The number of nitrogens with one attached hydrogen (secondary N) is 1. The summed E-state index contributed by atoms with van der Waals surface area (Å²) in [4.78, 5) is 28.2. The number of hydrogen-bond donors (Lipinski definition) is 1. The summed E-state index contributed by atoms with van der Waals surface area (Å²) < 4.78 is 0. The van der Waals surface area contributed by atoms with Crippen LogP contribution in [0.4, 0.5) is 5.69 Å². The second-order valence-electron chi connectivity index (χ2n) is 5.77. The molecule has 120 valence electrons. The standard InChI is InChI=1S/C17H25N3O2/c1-4-19-9-11-20(12-10-19)13(2)17(22)18-16-7-5-15(6-8-16)14(3)21/h5-8,13H,4,9-12H2,1-3H3,(H,18,22)/t13-/m1/s1. The first-order valence-electron chi connectivity index (χ1n) is 7.89. The van der Waals surface area contributed by atoms with E-state index in [4.69, 9.17) is 0 Å². The molecular weight excluding hydrogens is 278 g/mol. The van der Waals surface area contributed by atoms with E-state index in [1.54, 1.807) is 24.3 Å². The molecule has 5 nitrogen and oxygen atoms in total. The molecule has 0 unspecified atom stereocenters. The van der Waals surface area contributed by atoms with Gasteiger partial charge in [-0.2, -0.15) is 0 Å². The van der Waals surface area contributed by atoms with Crippen molar-refractivity contribution >= 4 is 17.4 Å². The van der Waals surface area contributed by atoms with Crippen LogP contribution in [0.2, 0.25) is 0 Å². The summed E-state index contributed by atoms with van der Waals surface area (Å²) in [6.07, 6.45) is 0. The number of Topliss-reactive ketones (excluding diaryl/α,β-unsaturated/α-hetero) is 1. The minimum atomic E-state index is -0.147. The third-order valence-corrected chi connectivity index (χ3v) is 4.34. The Morgan fingerprint density at radius 2 is 1.73 bits per heavy atom. The fourth-order valence-electron chi connectivity index (χ4n) is 2.67. The van der Waals surface area contributed by atoms with E-state index in [-0.39, 0.29) is 17.7 Å². The Bertz CT molecular complexity index is 519. The lowest BCUT2D eigenvalue weighted by molar-refractivity contribution is -0.121. The highest BCUT2D eigenvalue weighted by Crippen LogP contribution is 2.12. The van der Waals surface area contributed by atoms with Gasteiger partial charge in [0.05, 0.1) is 6.04 Å². The molecule has 1 aliphatic heterocycles. The Kier molecular flexibility index (Phi) is 5.69. The smallest absolute Gasteiger partial charge is 0.241 e. The van der Waals surface area contributed by atoms with Crippen LogP contribution in [0.25, 0.3) is 0 Å². The molecule has 22 heavy (non-hydrogen) atoms. The van der Waals surface area contributed by atoms with Crippen molar-refractivity contribution in [3.05, 3.63) is 29.8 Å². The van der Waals surface area contributed by atoms with Crippen molar-refractivity contribution in [3.63, 3.8) is 0 Å². The van der Waals surface area contributed by atoms with Crippen molar-refractivity contribution in [2.75, 3.05) is 38.0 Å². The highest BCUT2D eigenvalue weighted by atomic mass is 16.2. The molecule has 1 heterocycles. The monoisotopic (exact) mass is 303 g/mol. The first kappa shape index (κ1) is 16.6. The first-order chi connectivity index (χ1) is 10.5. The van der Waals surface area contributed by atoms with E-state index in [1.807, 2.05) is 6.92 Å². The molecule has 1 fully saturated rings. The van der Waals surface area contributed by atoms with Crippen LogP contribution in [0.3, 0.4) is 0 Å². The molecule has 0 saturated carbocycles. The first-order valence-corrected chi connectivity index (χ1v) is 7.89. The minimum absolute atomic E-state index is 0.000485. The third-order valence-electron chi connectivity index (χ3n) is 4.34. The number of rotatable bonds is 5. The zero-order valence-electron chi connectivity index (χ0n) is 13.6. The number of carbonyl (C=O) groups excluding carboxylic acids is 2. The van der Waals surface area contributed by atoms with Crippen molar-refractivity contribution in [1.29, 1.82) is 0 Å². The minimum Gasteiger partial charge on any atom is -0.325 e. The van der Waals surface area contributed by atoms with E-state index in [2.05, 4.69) is 22.0 Å². The van der Waals surface area contributed by atoms with Gasteiger partial charge in [-0.05, 0) is 44.7 Å². The predicted molar refractivity (Wildman–Crippen MR) is 88.2 cm³/mol. The molecule has 1 saturated heterocycles. The number of carbonyl (C=O) groups is 2. The number of anilines is 1. The number of ketones is 1. The summed E-state index contributed by atoms with van der Waals surface area (Å²) in [5.74, 6) is 0.0283. The summed E-state index contributed by atoms with van der Waals surface area (Å²) in [5, 5.41) is 2.92. The van der Waals surface area contributed by atoms with Gasteiger partial charge in [-0.1, -0.05) is 6.92 Å². The Morgan fingerprint density at radius 3 is 2.23 bits per heavy atom. The lowest BCUT2D eigenvalue weighted by atomic mass is 10.1. The summed E-state index contributed by atoms with van der Waals surface area (Å²) in [7, 11) is 0. The molecule has 1 amide bonds. The van der Waals surface area contributed by atoms with E-state index in [1.165, 1.54) is 6.92 Å². The quantitative estimate of drug-likeness (QED) is 0.844. The van der Waals surface area contributed by atoms with Gasteiger partial charge >= 0.3 is 0 Å². The lowest BCUT2D eigenvalue weighted by Gasteiger charge is -2.36. The Balaban J connectivity index is 1.90. The summed E-state index contributed by atoms with van der Waals surface area (Å²) in [6, 6.07) is 6.88. The molecule has 1 N–H and O–H groups in total. The van der Waals surface area contributed by atoms with E-state index < -0.39 is 0 Å². The fraction of sp³-hybridized carbons (Fsp3) is 0.529.